The first-order valence-electron chi connectivity index (χ1n) is 5.84. The Morgan fingerprint density at radius 2 is 2.25 bits per heavy atom. The third-order valence-corrected chi connectivity index (χ3v) is 2.92. The number of amides is 1. The van der Waals surface area contributed by atoms with Crippen molar-refractivity contribution in [3.8, 4) is 0 Å². The van der Waals surface area contributed by atoms with E-state index in [2.05, 4.69) is 24.2 Å². The molecule has 1 amide bonds. The molecular weight excluding hydrogens is 204 g/mol. The third-order valence-electron chi connectivity index (χ3n) is 2.92. The van der Waals surface area contributed by atoms with Crippen molar-refractivity contribution in [3.05, 3.63) is 11.9 Å². The van der Waals surface area contributed by atoms with Crippen molar-refractivity contribution in [2.45, 2.75) is 39.2 Å². The molecule has 2 heterocycles. The second kappa shape index (κ2) is 4.63. The van der Waals surface area contributed by atoms with Crippen molar-refractivity contribution in [3.63, 3.8) is 0 Å². The van der Waals surface area contributed by atoms with Gasteiger partial charge in [0.05, 0.1) is 12.2 Å². The molecule has 16 heavy (non-hydrogen) atoms. The maximum Gasteiger partial charge on any atom is 0.222 e. The van der Waals surface area contributed by atoms with E-state index in [0.29, 0.717) is 12.3 Å². The minimum Gasteiger partial charge on any atom is -0.341 e. The Hall–Kier alpha value is -1.39. The highest BCUT2D eigenvalue weighted by atomic mass is 16.2. The zero-order valence-corrected chi connectivity index (χ0v) is 9.89. The van der Waals surface area contributed by atoms with E-state index >= 15 is 0 Å². The van der Waals surface area contributed by atoms with E-state index in [1.165, 1.54) is 0 Å². The van der Waals surface area contributed by atoms with Crippen LogP contribution in [0.5, 0.6) is 0 Å². The number of aromatic nitrogens is 3. The SMILES string of the molecule is CC(C)c1cn(CCN2CCCC2=O)nn1. The quantitative estimate of drug-likeness (QED) is 0.764. The van der Waals surface area contributed by atoms with Crippen LogP contribution in [0, 0.1) is 0 Å². The van der Waals surface area contributed by atoms with Crippen LogP contribution in [0.15, 0.2) is 6.20 Å². The van der Waals surface area contributed by atoms with Gasteiger partial charge in [0.15, 0.2) is 0 Å². The summed E-state index contributed by atoms with van der Waals surface area (Å²) in [5, 5.41) is 8.14. The number of carbonyl (C=O) groups excluding carboxylic acids is 1. The molecule has 88 valence electrons. The normalized spacial score (nSPS) is 16.4. The molecule has 0 N–H and O–H groups in total. The molecule has 0 radical (unpaired) electrons. The van der Waals surface area contributed by atoms with Crippen molar-refractivity contribution in [1.29, 1.82) is 0 Å². The molecule has 1 fully saturated rings. The molecule has 1 aliphatic heterocycles. The van der Waals surface area contributed by atoms with Crippen LogP contribution in [0.3, 0.4) is 0 Å². The number of hydrogen-bond donors (Lipinski definition) is 0. The van der Waals surface area contributed by atoms with Gasteiger partial charge in [0.2, 0.25) is 5.91 Å². The van der Waals surface area contributed by atoms with Gasteiger partial charge in [-0.15, -0.1) is 5.10 Å². The lowest BCUT2D eigenvalue weighted by atomic mass is 10.2. The summed E-state index contributed by atoms with van der Waals surface area (Å²) in [7, 11) is 0. The van der Waals surface area contributed by atoms with E-state index < -0.39 is 0 Å². The molecule has 0 spiro atoms. The van der Waals surface area contributed by atoms with Gasteiger partial charge in [-0.1, -0.05) is 19.1 Å². The summed E-state index contributed by atoms with van der Waals surface area (Å²) < 4.78 is 1.82. The number of rotatable bonds is 4. The van der Waals surface area contributed by atoms with E-state index in [-0.39, 0.29) is 5.91 Å². The molecule has 0 unspecified atom stereocenters. The molecule has 5 heteroatoms. The molecule has 0 saturated carbocycles. The van der Waals surface area contributed by atoms with Crippen LogP contribution in [0.1, 0.15) is 38.3 Å². The van der Waals surface area contributed by atoms with Crippen LogP contribution < -0.4 is 0 Å². The minimum atomic E-state index is 0.268. The fraction of sp³-hybridized carbons (Fsp3) is 0.727. The Balaban J connectivity index is 1.87. The first-order valence-corrected chi connectivity index (χ1v) is 5.84. The van der Waals surface area contributed by atoms with Gasteiger partial charge in [0.1, 0.15) is 0 Å². The Labute approximate surface area is 95.4 Å². The number of likely N-dealkylation sites (tertiary alicyclic amines) is 1. The summed E-state index contributed by atoms with van der Waals surface area (Å²) in [5.74, 6) is 0.673. The highest BCUT2D eigenvalue weighted by Gasteiger charge is 2.19. The van der Waals surface area contributed by atoms with E-state index in [1.54, 1.807) is 0 Å². The summed E-state index contributed by atoms with van der Waals surface area (Å²) in [6.07, 6.45) is 3.66. The minimum absolute atomic E-state index is 0.268. The molecular formula is C11H18N4O. The van der Waals surface area contributed by atoms with Gasteiger partial charge < -0.3 is 4.90 Å². The first kappa shape index (κ1) is 11.1. The highest BCUT2D eigenvalue weighted by Crippen LogP contribution is 2.11. The van der Waals surface area contributed by atoms with Gasteiger partial charge in [0, 0.05) is 25.7 Å². The van der Waals surface area contributed by atoms with Crippen LogP contribution in [-0.4, -0.2) is 38.9 Å². The number of hydrogen-bond acceptors (Lipinski definition) is 3. The van der Waals surface area contributed by atoms with Gasteiger partial charge in [-0.05, 0) is 12.3 Å². The molecule has 0 aromatic carbocycles. The van der Waals surface area contributed by atoms with E-state index in [9.17, 15) is 4.79 Å². The van der Waals surface area contributed by atoms with Gasteiger partial charge in [0.25, 0.3) is 0 Å². The average molecular weight is 222 g/mol. The Morgan fingerprint density at radius 1 is 1.44 bits per heavy atom. The summed E-state index contributed by atoms with van der Waals surface area (Å²) >= 11 is 0. The maximum atomic E-state index is 11.4. The van der Waals surface area contributed by atoms with Crippen LogP contribution in [0.2, 0.25) is 0 Å². The molecule has 0 atom stereocenters. The lowest BCUT2D eigenvalue weighted by Gasteiger charge is -2.14. The van der Waals surface area contributed by atoms with E-state index in [1.807, 2.05) is 15.8 Å². The van der Waals surface area contributed by atoms with Gasteiger partial charge in [-0.2, -0.15) is 0 Å². The zero-order valence-electron chi connectivity index (χ0n) is 9.89. The molecule has 5 nitrogen and oxygen atoms in total. The molecule has 2 rings (SSSR count). The molecule has 1 aromatic heterocycles. The average Bonchev–Trinajstić information content (AvgIpc) is 2.83. The third kappa shape index (κ3) is 2.40. The lowest BCUT2D eigenvalue weighted by molar-refractivity contribution is -0.127. The number of nitrogens with zero attached hydrogens (tertiary/aromatic N) is 4. The van der Waals surface area contributed by atoms with Crippen LogP contribution in [-0.2, 0) is 11.3 Å². The van der Waals surface area contributed by atoms with Gasteiger partial charge >= 0.3 is 0 Å². The second-order valence-corrected chi connectivity index (χ2v) is 4.55. The standard InChI is InChI=1S/C11H18N4O/c1-9(2)10-8-15(13-12-10)7-6-14-5-3-4-11(14)16/h8-9H,3-7H2,1-2H3. The maximum absolute atomic E-state index is 11.4. The predicted octanol–water partition coefficient (Wildman–Crippen LogP) is 1.02. The molecule has 1 aliphatic rings. The van der Waals surface area contributed by atoms with Crippen molar-refractivity contribution in [2.24, 2.45) is 0 Å². The first-order chi connectivity index (χ1) is 7.66. The summed E-state index contributed by atoms with van der Waals surface area (Å²) in [6.45, 7) is 6.58. The number of carbonyl (C=O) groups is 1. The molecule has 1 aromatic rings. The zero-order chi connectivity index (χ0) is 11.5. The topological polar surface area (TPSA) is 51.0 Å². The van der Waals surface area contributed by atoms with Gasteiger partial charge in [-0.25, -0.2) is 0 Å². The van der Waals surface area contributed by atoms with E-state index in [0.717, 1.165) is 31.7 Å². The largest absolute Gasteiger partial charge is 0.341 e. The lowest BCUT2D eigenvalue weighted by Crippen LogP contribution is -2.28. The summed E-state index contributed by atoms with van der Waals surface area (Å²) in [6, 6.07) is 0. The molecule has 1 saturated heterocycles. The second-order valence-electron chi connectivity index (χ2n) is 4.55. The highest BCUT2D eigenvalue weighted by molar-refractivity contribution is 5.77. The fourth-order valence-corrected chi connectivity index (χ4v) is 1.85. The smallest absolute Gasteiger partial charge is 0.222 e. The monoisotopic (exact) mass is 222 g/mol. The van der Waals surface area contributed by atoms with Crippen molar-refractivity contribution < 1.29 is 4.79 Å². The van der Waals surface area contributed by atoms with Crippen LogP contribution in [0.25, 0.3) is 0 Å². The molecule has 0 aliphatic carbocycles. The fourth-order valence-electron chi connectivity index (χ4n) is 1.85. The van der Waals surface area contributed by atoms with Crippen LogP contribution in [0.4, 0.5) is 0 Å². The Morgan fingerprint density at radius 3 is 2.81 bits per heavy atom. The van der Waals surface area contributed by atoms with Gasteiger partial charge in [-0.3, -0.25) is 9.48 Å². The van der Waals surface area contributed by atoms with Crippen LogP contribution >= 0.6 is 0 Å². The van der Waals surface area contributed by atoms with Crippen molar-refractivity contribution >= 4 is 5.91 Å². The van der Waals surface area contributed by atoms with Crippen molar-refractivity contribution in [2.75, 3.05) is 13.1 Å². The van der Waals surface area contributed by atoms with E-state index in [4.69, 9.17) is 0 Å². The predicted molar refractivity (Wildman–Crippen MR) is 59.9 cm³/mol. The Bertz CT molecular complexity index is 372. The summed E-state index contributed by atoms with van der Waals surface area (Å²) in [4.78, 5) is 13.3. The Kier molecular flexibility index (Phi) is 3.22. The van der Waals surface area contributed by atoms with Crippen molar-refractivity contribution in [1.82, 2.24) is 19.9 Å². The molecule has 0 bridgehead atoms. The summed E-state index contributed by atoms with van der Waals surface area (Å²) in [5.41, 5.74) is 1.01.